The summed E-state index contributed by atoms with van der Waals surface area (Å²) in [7, 11) is 0. The van der Waals surface area contributed by atoms with Crippen LogP contribution in [0.1, 0.15) is 72.6 Å². The molecule has 0 spiro atoms. The van der Waals surface area contributed by atoms with Crippen LogP contribution in [0.3, 0.4) is 0 Å². The van der Waals surface area contributed by atoms with Gasteiger partial charge in [0.25, 0.3) is 0 Å². The molecule has 2 aliphatic rings. The molecule has 2 atom stereocenters. The highest BCUT2D eigenvalue weighted by Crippen LogP contribution is 2.31. The Bertz CT molecular complexity index is 422. The molecule has 0 heterocycles. The Morgan fingerprint density at radius 3 is 1.96 bits per heavy atom. The van der Waals surface area contributed by atoms with E-state index in [1.165, 1.54) is 6.42 Å². The van der Waals surface area contributed by atoms with Crippen LogP contribution in [0.4, 0.5) is 4.79 Å². The van der Waals surface area contributed by atoms with Crippen molar-refractivity contribution in [2.45, 2.75) is 90.3 Å². The first-order valence-corrected chi connectivity index (χ1v) is 9.03. The Kier molecular flexibility index (Phi) is 5.93. The third kappa shape index (κ3) is 6.04. The maximum absolute atomic E-state index is 12.3. The van der Waals surface area contributed by atoms with Crippen molar-refractivity contribution in [1.82, 2.24) is 10.6 Å². The Morgan fingerprint density at radius 1 is 0.913 bits per heavy atom. The molecule has 0 radical (unpaired) electrons. The average molecular weight is 324 g/mol. The Hall–Kier alpha value is -1.26. The van der Waals surface area contributed by atoms with Gasteiger partial charge in [-0.05, 0) is 71.6 Å². The van der Waals surface area contributed by atoms with Gasteiger partial charge in [0.2, 0.25) is 5.91 Å². The number of hydrogen-bond acceptors (Lipinski definition) is 3. The van der Waals surface area contributed by atoms with Crippen LogP contribution in [-0.4, -0.2) is 29.7 Å². The molecule has 2 unspecified atom stereocenters. The van der Waals surface area contributed by atoms with Gasteiger partial charge in [0.15, 0.2) is 0 Å². The van der Waals surface area contributed by atoms with Crippen LogP contribution in [0.5, 0.6) is 0 Å². The lowest BCUT2D eigenvalue weighted by atomic mass is 9.90. The molecule has 0 aromatic rings. The molecule has 5 nitrogen and oxygen atoms in total. The van der Waals surface area contributed by atoms with E-state index >= 15 is 0 Å². The summed E-state index contributed by atoms with van der Waals surface area (Å²) in [6.45, 7) is 7.81. The lowest BCUT2D eigenvalue weighted by Crippen LogP contribution is -2.46. The number of carbonyl (C=O) groups excluding carboxylic acids is 2. The Balaban J connectivity index is 1.67. The summed E-state index contributed by atoms with van der Waals surface area (Å²) in [4.78, 5) is 24.1. The summed E-state index contributed by atoms with van der Waals surface area (Å²) < 4.78 is 5.29. The minimum atomic E-state index is -0.465. The summed E-state index contributed by atoms with van der Waals surface area (Å²) in [6, 6.07) is 0.416. The summed E-state index contributed by atoms with van der Waals surface area (Å²) in [5.41, 5.74) is -0.465. The zero-order valence-electron chi connectivity index (χ0n) is 15.0. The monoisotopic (exact) mass is 324 g/mol. The van der Waals surface area contributed by atoms with E-state index in [-0.39, 0.29) is 30.0 Å². The highest BCUT2D eigenvalue weighted by molar-refractivity contribution is 5.79. The van der Waals surface area contributed by atoms with E-state index < -0.39 is 5.60 Å². The van der Waals surface area contributed by atoms with Crippen LogP contribution in [0.2, 0.25) is 0 Å². The third-order valence-corrected chi connectivity index (χ3v) is 4.86. The van der Waals surface area contributed by atoms with Gasteiger partial charge in [-0.15, -0.1) is 0 Å². The second-order valence-corrected chi connectivity index (χ2v) is 8.32. The average Bonchev–Trinajstić information content (AvgIpc) is 2.85. The molecule has 2 saturated carbocycles. The van der Waals surface area contributed by atoms with Gasteiger partial charge in [0, 0.05) is 18.0 Å². The van der Waals surface area contributed by atoms with Gasteiger partial charge in [-0.1, -0.05) is 6.92 Å². The third-order valence-electron chi connectivity index (χ3n) is 4.86. The Labute approximate surface area is 139 Å². The van der Waals surface area contributed by atoms with Gasteiger partial charge in [-0.2, -0.15) is 0 Å². The zero-order valence-corrected chi connectivity index (χ0v) is 15.0. The number of rotatable bonds is 3. The molecule has 132 valence electrons. The fourth-order valence-corrected chi connectivity index (χ4v) is 3.62. The molecule has 0 bridgehead atoms. The first kappa shape index (κ1) is 18.1. The number of alkyl carbamates (subject to hydrolysis) is 1. The van der Waals surface area contributed by atoms with Crippen LogP contribution < -0.4 is 10.6 Å². The van der Waals surface area contributed by atoms with E-state index in [0.29, 0.717) is 5.92 Å². The molecule has 2 amide bonds. The zero-order chi connectivity index (χ0) is 17.0. The quantitative estimate of drug-likeness (QED) is 0.836. The maximum Gasteiger partial charge on any atom is 0.407 e. The first-order valence-electron chi connectivity index (χ1n) is 9.03. The molecule has 5 heteroatoms. The molecular formula is C18H32N2O3. The molecule has 2 rings (SSSR count). The highest BCUT2D eigenvalue weighted by atomic mass is 16.6. The summed E-state index contributed by atoms with van der Waals surface area (Å²) in [5.74, 6) is 1.13. The van der Waals surface area contributed by atoms with E-state index in [1.54, 1.807) is 0 Å². The number of carbonyl (C=O) groups is 2. The van der Waals surface area contributed by atoms with Crippen molar-refractivity contribution in [1.29, 1.82) is 0 Å². The molecule has 0 aliphatic heterocycles. The minimum absolute atomic E-state index is 0.157. The lowest BCUT2D eigenvalue weighted by molar-refractivity contribution is -0.125. The van der Waals surface area contributed by atoms with Gasteiger partial charge >= 0.3 is 6.09 Å². The molecule has 2 aliphatic carbocycles. The largest absolute Gasteiger partial charge is 0.444 e. The second-order valence-electron chi connectivity index (χ2n) is 8.32. The summed E-state index contributed by atoms with van der Waals surface area (Å²) in [5, 5.41) is 6.15. The fraction of sp³-hybridized carbons (Fsp3) is 0.889. The topological polar surface area (TPSA) is 67.4 Å². The number of amides is 2. The van der Waals surface area contributed by atoms with Gasteiger partial charge in [-0.25, -0.2) is 4.79 Å². The van der Waals surface area contributed by atoms with E-state index in [0.717, 1.165) is 38.5 Å². The molecule has 0 saturated heterocycles. The summed E-state index contributed by atoms with van der Waals surface area (Å²) >= 11 is 0. The van der Waals surface area contributed by atoms with Crippen molar-refractivity contribution in [3.8, 4) is 0 Å². The molecule has 2 fully saturated rings. The van der Waals surface area contributed by atoms with Gasteiger partial charge in [0.1, 0.15) is 5.60 Å². The van der Waals surface area contributed by atoms with Crippen molar-refractivity contribution >= 4 is 12.0 Å². The van der Waals surface area contributed by atoms with Gasteiger partial charge in [-0.3, -0.25) is 4.79 Å². The lowest BCUT2D eigenvalue weighted by Gasteiger charge is -2.31. The molecule has 2 N–H and O–H groups in total. The smallest absolute Gasteiger partial charge is 0.407 e. The second kappa shape index (κ2) is 7.54. The number of hydrogen-bond donors (Lipinski definition) is 2. The van der Waals surface area contributed by atoms with Crippen molar-refractivity contribution in [2.75, 3.05) is 0 Å². The number of ether oxygens (including phenoxy) is 1. The fourth-order valence-electron chi connectivity index (χ4n) is 3.62. The van der Waals surface area contributed by atoms with Crippen molar-refractivity contribution < 1.29 is 14.3 Å². The number of nitrogens with one attached hydrogen (secondary N) is 2. The van der Waals surface area contributed by atoms with Crippen LogP contribution in [0.15, 0.2) is 0 Å². The van der Waals surface area contributed by atoms with Crippen LogP contribution in [0.25, 0.3) is 0 Å². The first-order chi connectivity index (χ1) is 10.7. The van der Waals surface area contributed by atoms with Crippen molar-refractivity contribution in [3.63, 3.8) is 0 Å². The van der Waals surface area contributed by atoms with Crippen LogP contribution in [0, 0.1) is 11.8 Å². The van der Waals surface area contributed by atoms with Crippen LogP contribution >= 0.6 is 0 Å². The maximum atomic E-state index is 12.3. The van der Waals surface area contributed by atoms with E-state index in [2.05, 4.69) is 17.6 Å². The van der Waals surface area contributed by atoms with E-state index in [4.69, 9.17) is 4.74 Å². The van der Waals surface area contributed by atoms with Crippen molar-refractivity contribution in [3.05, 3.63) is 0 Å². The Morgan fingerprint density at radius 2 is 1.48 bits per heavy atom. The van der Waals surface area contributed by atoms with E-state index in [1.807, 2.05) is 20.8 Å². The SMILES string of the molecule is CC1CCC(C(=O)NC2CCC(NC(=O)OC(C)(C)C)CC2)C1. The standard InChI is InChI=1S/C18H32N2O3/c1-12-5-6-13(11-12)16(21)19-14-7-9-15(10-8-14)20-17(22)23-18(2,3)4/h12-15H,5-11H2,1-4H3,(H,19,21)(H,20,22). The predicted octanol–water partition coefficient (Wildman–Crippen LogP) is 3.37. The normalized spacial score (nSPS) is 31.5. The van der Waals surface area contributed by atoms with E-state index in [9.17, 15) is 9.59 Å². The predicted molar refractivity (Wildman–Crippen MR) is 90.1 cm³/mol. The molecule has 0 aromatic carbocycles. The molecule has 0 aromatic heterocycles. The molecule has 23 heavy (non-hydrogen) atoms. The van der Waals surface area contributed by atoms with Crippen molar-refractivity contribution in [2.24, 2.45) is 11.8 Å². The van der Waals surface area contributed by atoms with Crippen LogP contribution in [-0.2, 0) is 9.53 Å². The summed E-state index contributed by atoms with van der Waals surface area (Å²) in [6.07, 6.45) is 6.53. The minimum Gasteiger partial charge on any atom is -0.444 e. The highest BCUT2D eigenvalue weighted by Gasteiger charge is 2.30. The van der Waals surface area contributed by atoms with Gasteiger partial charge in [0.05, 0.1) is 0 Å². The molecular weight excluding hydrogens is 292 g/mol. The van der Waals surface area contributed by atoms with Gasteiger partial charge < -0.3 is 15.4 Å².